The van der Waals surface area contributed by atoms with E-state index in [1.165, 1.54) is 5.69 Å². The van der Waals surface area contributed by atoms with Crippen molar-refractivity contribution in [2.45, 2.75) is 31.2 Å². The highest BCUT2D eigenvalue weighted by Gasteiger charge is 2.36. The smallest absolute Gasteiger partial charge is 0.235 e. The molecule has 0 N–H and O–H groups in total. The van der Waals surface area contributed by atoms with Crippen LogP contribution in [0.25, 0.3) is 0 Å². The normalized spacial score (nSPS) is 21.1. The largest absolute Gasteiger partial charge is 0.378 e. The zero-order valence-electron chi connectivity index (χ0n) is 12.0. The average molecular weight is 351 g/mol. The van der Waals surface area contributed by atoms with E-state index in [2.05, 4.69) is 44.0 Å². The SMILES string of the molecule is O=C=NC1(c2ccc(N3CCOCC3)c(Br)c2)CCCC1. The molecule has 0 amide bonds. The van der Waals surface area contributed by atoms with E-state index in [4.69, 9.17) is 4.74 Å². The number of isocyanates is 1. The lowest BCUT2D eigenvalue weighted by Crippen LogP contribution is -2.36. The van der Waals surface area contributed by atoms with Crippen LogP contribution in [0.15, 0.2) is 27.7 Å². The van der Waals surface area contributed by atoms with Gasteiger partial charge in [0.15, 0.2) is 0 Å². The van der Waals surface area contributed by atoms with Gasteiger partial charge in [-0.15, -0.1) is 0 Å². The molecule has 1 saturated carbocycles. The van der Waals surface area contributed by atoms with Gasteiger partial charge in [0.05, 0.1) is 24.4 Å². The summed E-state index contributed by atoms with van der Waals surface area (Å²) in [5.41, 5.74) is 1.95. The van der Waals surface area contributed by atoms with Gasteiger partial charge in [0.1, 0.15) is 0 Å². The van der Waals surface area contributed by atoms with Gasteiger partial charge in [-0.05, 0) is 46.5 Å². The number of morpholine rings is 1. The van der Waals surface area contributed by atoms with Gasteiger partial charge in [0, 0.05) is 17.6 Å². The monoisotopic (exact) mass is 350 g/mol. The molecular weight excluding hydrogens is 332 g/mol. The average Bonchev–Trinajstić information content (AvgIpc) is 2.98. The molecule has 0 unspecified atom stereocenters. The van der Waals surface area contributed by atoms with Crippen molar-refractivity contribution in [3.63, 3.8) is 0 Å². The molecule has 1 aliphatic carbocycles. The molecule has 0 radical (unpaired) electrons. The predicted molar refractivity (Wildman–Crippen MR) is 85.4 cm³/mol. The Morgan fingerprint density at radius 2 is 1.95 bits per heavy atom. The minimum atomic E-state index is -0.353. The maximum absolute atomic E-state index is 10.8. The molecule has 1 aromatic rings. The van der Waals surface area contributed by atoms with E-state index >= 15 is 0 Å². The van der Waals surface area contributed by atoms with Crippen molar-refractivity contribution in [1.29, 1.82) is 0 Å². The highest BCUT2D eigenvalue weighted by atomic mass is 79.9. The first-order valence-electron chi connectivity index (χ1n) is 7.47. The van der Waals surface area contributed by atoms with Gasteiger partial charge in [0.2, 0.25) is 6.08 Å². The van der Waals surface area contributed by atoms with Crippen LogP contribution in [0.5, 0.6) is 0 Å². The van der Waals surface area contributed by atoms with Crippen molar-refractivity contribution in [3.8, 4) is 0 Å². The van der Waals surface area contributed by atoms with Crippen LogP contribution in [-0.2, 0) is 15.1 Å². The Kier molecular flexibility index (Phi) is 4.43. The Hall–Kier alpha value is -1.16. The molecule has 0 aromatic heterocycles. The molecule has 3 rings (SSSR count). The number of benzene rings is 1. The number of ether oxygens (including phenoxy) is 1. The van der Waals surface area contributed by atoms with E-state index in [0.29, 0.717) is 0 Å². The molecule has 1 aromatic carbocycles. The van der Waals surface area contributed by atoms with Crippen LogP contribution in [0.3, 0.4) is 0 Å². The maximum Gasteiger partial charge on any atom is 0.235 e. The van der Waals surface area contributed by atoms with Gasteiger partial charge in [-0.3, -0.25) is 0 Å². The molecule has 112 valence electrons. The second-order valence-corrected chi connectivity index (χ2v) is 6.56. The topological polar surface area (TPSA) is 41.9 Å². The Labute approximate surface area is 133 Å². The molecule has 2 fully saturated rings. The summed E-state index contributed by atoms with van der Waals surface area (Å²) in [5.74, 6) is 0. The third-order valence-corrected chi connectivity index (χ3v) is 5.16. The number of hydrogen-bond donors (Lipinski definition) is 0. The minimum Gasteiger partial charge on any atom is -0.378 e. The van der Waals surface area contributed by atoms with E-state index in [1.807, 2.05) is 0 Å². The number of nitrogens with zero attached hydrogens (tertiary/aromatic N) is 2. The lowest BCUT2D eigenvalue weighted by molar-refractivity contribution is 0.122. The van der Waals surface area contributed by atoms with Crippen molar-refractivity contribution in [2.75, 3.05) is 31.2 Å². The fraction of sp³-hybridized carbons (Fsp3) is 0.562. The van der Waals surface area contributed by atoms with Crippen LogP contribution in [0, 0.1) is 0 Å². The summed E-state index contributed by atoms with van der Waals surface area (Å²) in [7, 11) is 0. The van der Waals surface area contributed by atoms with Crippen molar-refractivity contribution in [1.82, 2.24) is 0 Å². The highest BCUT2D eigenvalue weighted by Crippen LogP contribution is 2.44. The molecule has 2 aliphatic rings. The summed E-state index contributed by atoms with van der Waals surface area (Å²) in [6.07, 6.45) is 5.89. The molecular formula is C16H19BrN2O2. The van der Waals surface area contributed by atoms with E-state index in [0.717, 1.165) is 62.0 Å². The molecule has 0 spiro atoms. The summed E-state index contributed by atoms with van der Waals surface area (Å²) in [6.45, 7) is 3.37. The minimum absolute atomic E-state index is 0.353. The molecule has 1 saturated heterocycles. The van der Waals surface area contributed by atoms with Crippen LogP contribution < -0.4 is 4.90 Å². The number of carbonyl (C=O) groups excluding carboxylic acids is 1. The highest BCUT2D eigenvalue weighted by molar-refractivity contribution is 9.10. The second-order valence-electron chi connectivity index (χ2n) is 5.71. The fourth-order valence-corrected chi connectivity index (χ4v) is 4.00. The fourth-order valence-electron chi connectivity index (χ4n) is 3.37. The summed E-state index contributed by atoms with van der Waals surface area (Å²) in [5, 5.41) is 0. The van der Waals surface area contributed by atoms with E-state index in [9.17, 15) is 4.79 Å². The predicted octanol–water partition coefficient (Wildman–Crippen LogP) is 3.39. The zero-order chi connectivity index (χ0) is 14.7. The molecule has 1 heterocycles. The number of anilines is 1. The first-order chi connectivity index (χ1) is 10.2. The van der Waals surface area contributed by atoms with E-state index in [1.54, 1.807) is 6.08 Å². The van der Waals surface area contributed by atoms with Gasteiger partial charge in [0.25, 0.3) is 0 Å². The summed E-state index contributed by atoms with van der Waals surface area (Å²) < 4.78 is 6.46. The van der Waals surface area contributed by atoms with Crippen LogP contribution in [0.1, 0.15) is 31.2 Å². The molecule has 5 heteroatoms. The van der Waals surface area contributed by atoms with Crippen LogP contribution >= 0.6 is 15.9 Å². The van der Waals surface area contributed by atoms with Gasteiger partial charge < -0.3 is 9.64 Å². The van der Waals surface area contributed by atoms with E-state index < -0.39 is 0 Å². The van der Waals surface area contributed by atoms with Gasteiger partial charge in [-0.2, -0.15) is 4.99 Å². The number of hydrogen-bond acceptors (Lipinski definition) is 4. The van der Waals surface area contributed by atoms with Crippen molar-refractivity contribution in [3.05, 3.63) is 28.2 Å². The van der Waals surface area contributed by atoms with Gasteiger partial charge >= 0.3 is 0 Å². The molecule has 4 nitrogen and oxygen atoms in total. The van der Waals surface area contributed by atoms with Crippen molar-refractivity contribution < 1.29 is 9.53 Å². The zero-order valence-corrected chi connectivity index (χ0v) is 13.6. The Balaban J connectivity index is 1.91. The first kappa shape index (κ1) is 14.8. The van der Waals surface area contributed by atoms with Crippen LogP contribution in [-0.4, -0.2) is 32.4 Å². The standard InChI is InChI=1S/C16H19BrN2O2/c17-14-11-13(16(18-12-20)5-1-2-6-16)3-4-15(14)19-7-9-21-10-8-19/h3-4,11H,1-2,5-10H2. The summed E-state index contributed by atoms with van der Waals surface area (Å²) in [4.78, 5) is 17.3. The lowest BCUT2D eigenvalue weighted by Gasteiger charge is -2.31. The third-order valence-electron chi connectivity index (χ3n) is 4.53. The van der Waals surface area contributed by atoms with Crippen LogP contribution in [0.4, 0.5) is 5.69 Å². The Morgan fingerprint density at radius 3 is 2.57 bits per heavy atom. The molecule has 21 heavy (non-hydrogen) atoms. The first-order valence-corrected chi connectivity index (χ1v) is 8.26. The van der Waals surface area contributed by atoms with Crippen molar-refractivity contribution >= 4 is 27.7 Å². The Bertz CT molecular complexity index is 557. The van der Waals surface area contributed by atoms with Crippen molar-refractivity contribution in [2.24, 2.45) is 4.99 Å². The van der Waals surface area contributed by atoms with Crippen LogP contribution in [0.2, 0.25) is 0 Å². The van der Waals surface area contributed by atoms with Gasteiger partial charge in [-0.1, -0.05) is 18.9 Å². The van der Waals surface area contributed by atoms with Gasteiger partial charge in [-0.25, -0.2) is 4.79 Å². The molecule has 0 atom stereocenters. The quantitative estimate of drug-likeness (QED) is 0.619. The molecule has 0 bridgehead atoms. The number of halogens is 1. The second kappa shape index (κ2) is 6.30. The number of rotatable bonds is 3. The Morgan fingerprint density at radius 1 is 1.24 bits per heavy atom. The molecule has 1 aliphatic heterocycles. The van der Waals surface area contributed by atoms with E-state index in [-0.39, 0.29) is 5.54 Å². The third kappa shape index (κ3) is 2.91. The summed E-state index contributed by atoms with van der Waals surface area (Å²) >= 11 is 3.68. The lowest BCUT2D eigenvalue weighted by atomic mass is 9.89. The maximum atomic E-state index is 10.8. The summed E-state index contributed by atoms with van der Waals surface area (Å²) in [6, 6.07) is 6.36. The number of aliphatic imine (C=N–C) groups is 1.